The van der Waals surface area contributed by atoms with Gasteiger partial charge in [0.25, 0.3) is 5.91 Å². The zero-order valence-electron chi connectivity index (χ0n) is 16.9. The zero-order chi connectivity index (χ0) is 21.1. The molecule has 1 aliphatic rings. The van der Waals surface area contributed by atoms with Gasteiger partial charge >= 0.3 is 0 Å². The molecule has 0 unspecified atom stereocenters. The molecule has 1 saturated carbocycles. The van der Waals surface area contributed by atoms with Crippen LogP contribution in [0.1, 0.15) is 34.3 Å². The number of hydrogen-bond acceptors (Lipinski definition) is 4. The van der Waals surface area contributed by atoms with Gasteiger partial charge in [0.1, 0.15) is 5.75 Å². The standard InChI is InChI=1S/C24H23N3O3/c1-15-6-10-21(12-16(15)2)30-22-11-9-20(14-25-22)27-24(29)18-4-3-5-19(13-18)26-23(28)17-7-8-17/h3-6,9-14,17H,7-8H2,1-2H3,(H,26,28)(H,27,29). The minimum absolute atomic E-state index is 0.0103. The normalized spacial score (nSPS) is 12.9. The first-order chi connectivity index (χ1) is 14.5. The van der Waals surface area contributed by atoms with Crippen molar-refractivity contribution < 1.29 is 14.3 Å². The molecule has 0 saturated heterocycles. The Morgan fingerprint density at radius 3 is 2.47 bits per heavy atom. The van der Waals surface area contributed by atoms with E-state index in [1.807, 2.05) is 32.0 Å². The van der Waals surface area contributed by atoms with Crippen molar-refractivity contribution in [2.45, 2.75) is 26.7 Å². The minimum atomic E-state index is -0.276. The van der Waals surface area contributed by atoms with E-state index in [0.29, 0.717) is 28.6 Å². The number of nitrogens with one attached hydrogen (secondary N) is 2. The second-order valence-corrected chi connectivity index (χ2v) is 7.53. The maximum atomic E-state index is 12.6. The lowest BCUT2D eigenvalue weighted by Crippen LogP contribution is -2.15. The predicted octanol–water partition coefficient (Wildman–Crippen LogP) is 5.09. The van der Waals surface area contributed by atoms with E-state index in [9.17, 15) is 9.59 Å². The van der Waals surface area contributed by atoms with Gasteiger partial charge in [-0.15, -0.1) is 0 Å². The average molecular weight is 401 g/mol. The van der Waals surface area contributed by atoms with Gasteiger partial charge in [0.2, 0.25) is 11.8 Å². The molecule has 1 fully saturated rings. The number of carbonyl (C=O) groups excluding carboxylic acids is 2. The van der Waals surface area contributed by atoms with E-state index in [-0.39, 0.29) is 17.7 Å². The Morgan fingerprint density at radius 1 is 0.933 bits per heavy atom. The number of aryl methyl sites for hydroxylation is 2. The molecule has 1 heterocycles. The fourth-order valence-electron chi connectivity index (χ4n) is 2.94. The molecule has 4 rings (SSSR count). The number of ether oxygens (including phenoxy) is 1. The maximum absolute atomic E-state index is 12.6. The van der Waals surface area contributed by atoms with Gasteiger partial charge in [0, 0.05) is 23.2 Å². The summed E-state index contributed by atoms with van der Waals surface area (Å²) in [6.45, 7) is 4.08. The molecule has 6 nitrogen and oxygen atoms in total. The van der Waals surface area contributed by atoms with Gasteiger partial charge in [0.05, 0.1) is 11.9 Å². The van der Waals surface area contributed by atoms with E-state index >= 15 is 0 Å². The van der Waals surface area contributed by atoms with Crippen LogP contribution in [-0.4, -0.2) is 16.8 Å². The van der Waals surface area contributed by atoms with Crippen LogP contribution in [0.25, 0.3) is 0 Å². The number of pyridine rings is 1. The van der Waals surface area contributed by atoms with Gasteiger partial charge in [-0.25, -0.2) is 4.98 Å². The van der Waals surface area contributed by atoms with E-state index in [1.165, 1.54) is 5.56 Å². The zero-order valence-corrected chi connectivity index (χ0v) is 16.9. The topological polar surface area (TPSA) is 80.3 Å². The highest BCUT2D eigenvalue weighted by Crippen LogP contribution is 2.30. The molecule has 0 radical (unpaired) electrons. The molecule has 0 spiro atoms. The number of benzene rings is 2. The highest BCUT2D eigenvalue weighted by molar-refractivity contribution is 6.05. The smallest absolute Gasteiger partial charge is 0.255 e. The van der Waals surface area contributed by atoms with Crippen LogP contribution < -0.4 is 15.4 Å². The third-order valence-electron chi connectivity index (χ3n) is 5.04. The Balaban J connectivity index is 1.38. The molecule has 30 heavy (non-hydrogen) atoms. The van der Waals surface area contributed by atoms with Gasteiger partial charge in [-0.1, -0.05) is 12.1 Å². The molecule has 1 aromatic heterocycles. The molecule has 3 aromatic rings. The fraction of sp³-hybridized carbons (Fsp3) is 0.208. The Labute approximate surface area is 175 Å². The van der Waals surface area contributed by atoms with Crippen LogP contribution in [0.2, 0.25) is 0 Å². The van der Waals surface area contributed by atoms with E-state index in [4.69, 9.17) is 4.74 Å². The number of hydrogen-bond donors (Lipinski definition) is 2. The van der Waals surface area contributed by atoms with E-state index in [2.05, 4.69) is 15.6 Å². The van der Waals surface area contributed by atoms with Crippen LogP contribution in [0, 0.1) is 19.8 Å². The second kappa shape index (κ2) is 8.37. The first-order valence-corrected chi connectivity index (χ1v) is 9.91. The van der Waals surface area contributed by atoms with Crippen molar-refractivity contribution in [3.63, 3.8) is 0 Å². The lowest BCUT2D eigenvalue weighted by atomic mass is 10.1. The van der Waals surface area contributed by atoms with Crippen molar-refractivity contribution in [3.8, 4) is 11.6 Å². The molecule has 0 aliphatic heterocycles. The van der Waals surface area contributed by atoms with E-state index < -0.39 is 0 Å². The van der Waals surface area contributed by atoms with Crippen molar-refractivity contribution in [2.24, 2.45) is 5.92 Å². The van der Waals surface area contributed by atoms with Gasteiger partial charge in [-0.05, 0) is 74.2 Å². The van der Waals surface area contributed by atoms with Crippen molar-refractivity contribution in [3.05, 3.63) is 77.5 Å². The maximum Gasteiger partial charge on any atom is 0.255 e. The summed E-state index contributed by atoms with van der Waals surface area (Å²) in [6, 6.07) is 16.2. The van der Waals surface area contributed by atoms with Crippen LogP contribution >= 0.6 is 0 Å². The quantitative estimate of drug-likeness (QED) is 0.603. The summed E-state index contributed by atoms with van der Waals surface area (Å²) >= 11 is 0. The molecular weight excluding hydrogens is 378 g/mol. The largest absolute Gasteiger partial charge is 0.439 e. The van der Waals surface area contributed by atoms with Crippen molar-refractivity contribution in [1.82, 2.24) is 4.98 Å². The molecule has 1 aliphatic carbocycles. The molecule has 0 atom stereocenters. The minimum Gasteiger partial charge on any atom is -0.439 e. The molecule has 6 heteroatoms. The second-order valence-electron chi connectivity index (χ2n) is 7.53. The summed E-state index contributed by atoms with van der Waals surface area (Å²) in [5.74, 6) is 1.00. The first-order valence-electron chi connectivity index (χ1n) is 9.91. The van der Waals surface area contributed by atoms with Crippen LogP contribution in [-0.2, 0) is 4.79 Å². The average Bonchev–Trinajstić information content (AvgIpc) is 3.58. The van der Waals surface area contributed by atoms with Gasteiger partial charge in [0.15, 0.2) is 0 Å². The van der Waals surface area contributed by atoms with E-state index in [0.717, 1.165) is 18.4 Å². The summed E-state index contributed by atoms with van der Waals surface area (Å²) in [5, 5.41) is 5.66. The summed E-state index contributed by atoms with van der Waals surface area (Å²) in [7, 11) is 0. The number of anilines is 2. The summed E-state index contributed by atoms with van der Waals surface area (Å²) in [6.07, 6.45) is 3.41. The van der Waals surface area contributed by atoms with Crippen LogP contribution in [0.15, 0.2) is 60.8 Å². The fourth-order valence-corrected chi connectivity index (χ4v) is 2.94. The van der Waals surface area contributed by atoms with E-state index in [1.54, 1.807) is 42.6 Å². The van der Waals surface area contributed by atoms with Gasteiger partial charge < -0.3 is 15.4 Å². The van der Waals surface area contributed by atoms with Crippen LogP contribution in [0.4, 0.5) is 11.4 Å². The van der Waals surface area contributed by atoms with Crippen LogP contribution in [0.3, 0.4) is 0 Å². The monoisotopic (exact) mass is 401 g/mol. The number of nitrogens with zero attached hydrogens (tertiary/aromatic N) is 1. The SMILES string of the molecule is Cc1ccc(Oc2ccc(NC(=O)c3cccc(NC(=O)C4CC4)c3)cn2)cc1C. The van der Waals surface area contributed by atoms with Gasteiger partial charge in [-0.3, -0.25) is 9.59 Å². The van der Waals surface area contributed by atoms with Crippen molar-refractivity contribution in [2.75, 3.05) is 10.6 Å². The summed E-state index contributed by atoms with van der Waals surface area (Å²) < 4.78 is 5.77. The molecule has 152 valence electrons. The highest BCUT2D eigenvalue weighted by atomic mass is 16.5. The first kappa shape index (κ1) is 19.6. The Morgan fingerprint density at radius 2 is 1.77 bits per heavy atom. The molecular formula is C24H23N3O3. The lowest BCUT2D eigenvalue weighted by Gasteiger charge is -2.09. The summed E-state index contributed by atoms with van der Waals surface area (Å²) in [4.78, 5) is 28.7. The Bertz CT molecular complexity index is 1090. The number of carbonyl (C=O) groups is 2. The number of amides is 2. The van der Waals surface area contributed by atoms with Crippen molar-refractivity contribution >= 4 is 23.2 Å². The van der Waals surface area contributed by atoms with Gasteiger partial charge in [-0.2, -0.15) is 0 Å². The highest BCUT2D eigenvalue weighted by Gasteiger charge is 2.29. The molecule has 0 bridgehead atoms. The number of aromatic nitrogens is 1. The van der Waals surface area contributed by atoms with Crippen molar-refractivity contribution in [1.29, 1.82) is 0 Å². The Hall–Kier alpha value is -3.67. The lowest BCUT2D eigenvalue weighted by molar-refractivity contribution is -0.117. The molecule has 2 N–H and O–H groups in total. The summed E-state index contributed by atoms with van der Waals surface area (Å²) in [5.41, 5.74) is 3.98. The van der Waals surface area contributed by atoms with Crippen LogP contribution in [0.5, 0.6) is 11.6 Å². The molecule has 2 amide bonds. The molecule has 2 aromatic carbocycles. The number of rotatable bonds is 6. The third-order valence-corrected chi connectivity index (χ3v) is 5.04. The Kier molecular flexibility index (Phi) is 5.48. The third kappa shape index (κ3) is 4.84. The predicted molar refractivity (Wildman–Crippen MR) is 116 cm³/mol.